The van der Waals surface area contributed by atoms with E-state index in [0.29, 0.717) is 19.4 Å². The van der Waals surface area contributed by atoms with Gasteiger partial charge in [-0.1, -0.05) is 0 Å². The number of β-amino-alcohol motifs (C(OH)–C–C–N with tert-alkyl or cyclic N) is 1. The van der Waals surface area contributed by atoms with Crippen molar-refractivity contribution in [2.24, 2.45) is 0 Å². The number of carbonyl (C=O) groups is 1. The second-order valence-corrected chi connectivity index (χ2v) is 5.71. The molecule has 1 aliphatic heterocycles. The van der Waals surface area contributed by atoms with Crippen LogP contribution < -0.4 is 0 Å². The van der Waals surface area contributed by atoms with Gasteiger partial charge in [0, 0.05) is 37.9 Å². The van der Waals surface area contributed by atoms with Crippen molar-refractivity contribution in [1.82, 2.24) is 14.8 Å². The van der Waals surface area contributed by atoms with E-state index < -0.39 is 0 Å². The lowest BCUT2D eigenvalue weighted by molar-refractivity contribution is -0.132. The molecule has 1 aliphatic rings. The highest BCUT2D eigenvalue weighted by Crippen LogP contribution is 2.20. The molecule has 5 heteroatoms. The van der Waals surface area contributed by atoms with Crippen molar-refractivity contribution >= 4 is 5.91 Å². The van der Waals surface area contributed by atoms with Crippen LogP contribution in [-0.4, -0.2) is 65.1 Å². The van der Waals surface area contributed by atoms with E-state index >= 15 is 0 Å². The largest absolute Gasteiger partial charge is 0.391 e. The maximum absolute atomic E-state index is 12.3. The zero-order valence-electron chi connectivity index (χ0n) is 12.2. The van der Waals surface area contributed by atoms with Crippen LogP contribution in [0.25, 0.3) is 0 Å². The van der Waals surface area contributed by atoms with Gasteiger partial charge in [-0.2, -0.15) is 0 Å². The van der Waals surface area contributed by atoms with Crippen LogP contribution in [0.5, 0.6) is 0 Å². The van der Waals surface area contributed by atoms with Crippen molar-refractivity contribution in [2.45, 2.75) is 31.4 Å². The lowest BCUT2D eigenvalue weighted by Gasteiger charge is -2.26. The molecular formula is C15H23N3O2. The number of aryl methyl sites for hydroxylation is 1. The van der Waals surface area contributed by atoms with Crippen molar-refractivity contribution in [1.29, 1.82) is 0 Å². The SMILES string of the molecule is CN(C)CC1CC(O)CN1C(=O)CCc1ccncc1. The zero-order valence-corrected chi connectivity index (χ0v) is 12.2. The number of rotatable bonds is 5. The highest BCUT2D eigenvalue weighted by molar-refractivity contribution is 5.77. The molecule has 5 nitrogen and oxygen atoms in total. The summed E-state index contributed by atoms with van der Waals surface area (Å²) in [6, 6.07) is 4.00. The molecule has 2 rings (SSSR count). The molecule has 0 spiro atoms. The standard InChI is InChI=1S/C15H23N3O2/c1-17(2)10-13-9-14(19)11-18(13)15(20)4-3-12-5-7-16-8-6-12/h5-8,13-14,19H,3-4,9-11H2,1-2H3. The van der Waals surface area contributed by atoms with E-state index in [-0.39, 0.29) is 18.1 Å². The number of nitrogens with zero attached hydrogens (tertiary/aromatic N) is 3. The quantitative estimate of drug-likeness (QED) is 0.853. The first-order valence-corrected chi connectivity index (χ1v) is 7.07. The second kappa shape index (κ2) is 6.81. The topological polar surface area (TPSA) is 56.7 Å². The molecule has 0 saturated carbocycles. The van der Waals surface area contributed by atoms with E-state index in [0.717, 1.165) is 18.5 Å². The van der Waals surface area contributed by atoms with Crippen LogP contribution in [0.3, 0.4) is 0 Å². The Morgan fingerprint density at radius 1 is 1.45 bits per heavy atom. The summed E-state index contributed by atoms with van der Waals surface area (Å²) in [5, 5.41) is 9.80. The van der Waals surface area contributed by atoms with Crippen molar-refractivity contribution in [3.05, 3.63) is 30.1 Å². The highest BCUT2D eigenvalue weighted by Gasteiger charge is 2.33. The van der Waals surface area contributed by atoms with Crippen molar-refractivity contribution in [3.8, 4) is 0 Å². The van der Waals surface area contributed by atoms with Gasteiger partial charge in [0.1, 0.15) is 0 Å². The summed E-state index contributed by atoms with van der Waals surface area (Å²) in [6.45, 7) is 1.27. The van der Waals surface area contributed by atoms with Gasteiger partial charge >= 0.3 is 0 Å². The molecular weight excluding hydrogens is 254 g/mol. The number of hydrogen-bond donors (Lipinski definition) is 1. The van der Waals surface area contributed by atoms with Crippen molar-refractivity contribution in [3.63, 3.8) is 0 Å². The van der Waals surface area contributed by atoms with Crippen molar-refractivity contribution < 1.29 is 9.90 Å². The molecule has 2 unspecified atom stereocenters. The number of aromatic nitrogens is 1. The summed E-state index contributed by atoms with van der Waals surface area (Å²) in [7, 11) is 3.98. The average Bonchev–Trinajstić information content (AvgIpc) is 2.77. The summed E-state index contributed by atoms with van der Waals surface area (Å²) >= 11 is 0. The lowest BCUT2D eigenvalue weighted by Crippen LogP contribution is -2.41. The van der Waals surface area contributed by atoms with Crippen LogP contribution in [0.4, 0.5) is 0 Å². The molecule has 1 saturated heterocycles. The molecule has 0 bridgehead atoms. The summed E-state index contributed by atoms with van der Waals surface area (Å²) < 4.78 is 0. The third-order valence-corrected chi connectivity index (χ3v) is 3.67. The number of hydrogen-bond acceptors (Lipinski definition) is 4. The Kier molecular flexibility index (Phi) is 5.09. The number of amides is 1. The van der Waals surface area contributed by atoms with Crippen LogP contribution in [0.1, 0.15) is 18.4 Å². The van der Waals surface area contributed by atoms with Gasteiger partial charge in [-0.3, -0.25) is 9.78 Å². The number of likely N-dealkylation sites (tertiary alicyclic amines) is 1. The van der Waals surface area contributed by atoms with Crippen molar-refractivity contribution in [2.75, 3.05) is 27.2 Å². The maximum Gasteiger partial charge on any atom is 0.223 e. The molecule has 0 aliphatic carbocycles. The first kappa shape index (κ1) is 14.9. The second-order valence-electron chi connectivity index (χ2n) is 5.71. The number of aliphatic hydroxyl groups excluding tert-OH is 1. The number of pyridine rings is 1. The minimum atomic E-state index is -0.384. The Balaban J connectivity index is 1.90. The molecule has 1 amide bonds. The van der Waals surface area contributed by atoms with Crippen LogP contribution in [0.2, 0.25) is 0 Å². The Morgan fingerprint density at radius 3 is 2.80 bits per heavy atom. The molecule has 1 aromatic rings. The van der Waals surface area contributed by atoms with Gasteiger partial charge in [0.05, 0.1) is 6.10 Å². The van der Waals surface area contributed by atoms with E-state index in [1.54, 1.807) is 12.4 Å². The predicted molar refractivity (Wildman–Crippen MR) is 77.2 cm³/mol. The Labute approximate surface area is 120 Å². The van der Waals surface area contributed by atoms with Gasteiger partial charge in [-0.25, -0.2) is 0 Å². The van der Waals surface area contributed by atoms with Gasteiger partial charge in [-0.15, -0.1) is 0 Å². The molecule has 1 aromatic heterocycles. The first-order chi connectivity index (χ1) is 9.56. The molecule has 2 atom stereocenters. The smallest absolute Gasteiger partial charge is 0.223 e. The Hall–Kier alpha value is -1.46. The Bertz CT molecular complexity index is 436. The zero-order chi connectivity index (χ0) is 14.5. The molecule has 0 radical (unpaired) electrons. The average molecular weight is 277 g/mol. The van der Waals surface area contributed by atoms with Crippen LogP contribution in [-0.2, 0) is 11.2 Å². The molecule has 1 fully saturated rings. The summed E-state index contributed by atoms with van der Waals surface area (Å²) in [5.74, 6) is 0.130. The number of likely N-dealkylation sites (N-methyl/N-ethyl adjacent to an activating group) is 1. The number of carbonyl (C=O) groups excluding carboxylic acids is 1. The van der Waals surface area contributed by atoms with E-state index in [1.165, 1.54) is 0 Å². The van der Waals surface area contributed by atoms with Gasteiger partial charge in [0.25, 0.3) is 0 Å². The van der Waals surface area contributed by atoms with E-state index in [1.807, 2.05) is 31.1 Å². The molecule has 20 heavy (non-hydrogen) atoms. The van der Waals surface area contributed by atoms with E-state index in [4.69, 9.17) is 0 Å². The minimum Gasteiger partial charge on any atom is -0.391 e. The van der Waals surface area contributed by atoms with Gasteiger partial charge < -0.3 is 14.9 Å². The van der Waals surface area contributed by atoms with E-state index in [9.17, 15) is 9.90 Å². The fourth-order valence-corrected chi connectivity index (χ4v) is 2.74. The van der Waals surface area contributed by atoms with Gasteiger partial charge in [0.15, 0.2) is 0 Å². The fraction of sp³-hybridized carbons (Fsp3) is 0.600. The van der Waals surface area contributed by atoms with Crippen LogP contribution in [0, 0.1) is 0 Å². The van der Waals surface area contributed by atoms with Crippen LogP contribution >= 0.6 is 0 Å². The highest BCUT2D eigenvalue weighted by atomic mass is 16.3. The molecule has 110 valence electrons. The monoisotopic (exact) mass is 277 g/mol. The number of aliphatic hydroxyl groups is 1. The van der Waals surface area contributed by atoms with Gasteiger partial charge in [-0.05, 0) is 44.6 Å². The fourth-order valence-electron chi connectivity index (χ4n) is 2.74. The summed E-state index contributed by atoms with van der Waals surface area (Å²) in [5.41, 5.74) is 1.12. The van der Waals surface area contributed by atoms with Crippen LogP contribution in [0.15, 0.2) is 24.5 Å². The minimum absolute atomic E-state index is 0.130. The summed E-state index contributed by atoms with van der Waals surface area (Å²) in [6.07, 6.45) is 5.00. The summed E-state index contributed by atoms with van der Waals surface area (Å²) in [4.78, 5) is 20.2. The molecule has 2 heterocycles. The predicted octanol–water partition coefficient (Wildman–Crippen LogP) is 0.538. The normalized spacial score (nSPS) is 22.5. The van der Waals surface area contributed by atoms with Gasteiger partial charge in [0.2, 0.25) is 5.91 Å². The molecule has 0 aromatic carbocycles. The Morgan fingerprint density at radius 2 is 2.15 bits per heavy atom. The third kappa shape index (κ3) is 4.02. The lowest BCUT2D eigenvalue weighted by atomic mass is 10.1. The first-order valence-electron chi connectivity index (χ1n) is 7.07. The third-order valence-electron chi connectivity index (χ3n) is 3.67. The molecule has 1 N–H and O–H groups in total. The maximum atomic E-state index is 12.3. The van der Waals surface area contributed by atoms with E-state index in [2.05, 4.69) is 9.88 Å².